The van der Waals surface area contributed by atoms with E-state index in [-0.39, 0.29) is 12.5 Å². The zero-order valence-corrected chi connectivity index (χ0v) is 13.3. The minimum absolute atomic E-state index is 0.108. The Kier molecular flexibility index (Phi) is 5.36. The zero-order chi connectivity index (χ0) is 16.8. The fourth-order valence-electron chi connectivity index (χ4n) is 2.39. The number of nitrogens with zero attached hydrogens (tertiary/aromatic N) is 3. The van der Waals surface area contributed by atoms with Crippen LogP contribution in [0.3, 0.4) is 0 Å². The Morgan fingerprint density at radius 2 is 2.26 bits per heavy atom. The molecule has 0 N–H and O–H groups in total. The van der Waals surface area contributed by atoms with Crippen molar-refractivity contribution in [2.75, 3.05) is 20.2 Å². The molecule has 2 rings (SSSR count). The zero-order valence-electron chi connectivity index (χ0n) is 13.3. The highest BCUT2D eigenvalue weighted by Crippen LogP contribution is 2.25. The fraction of sp³-hybridized carbons (Fsp3) is 0.353. The van der Waals surface area contributed by atoms with E-state index in [2.05, 4.69) is 0 Å². The third-order valence-electron chi connectivity index (χ3n) is 3.61. The fourth-order valence-corrected chi connectivity index (χ4v) is 2.39. The number of benzene rings is 1. The van der Waals surface area contributed by atoms with E-state index >= 15 is 0 Å². The second-order valence-electron chi connectivity index (χ2n) is 5.17. The molecule has 0 radical (unpaired) electrons. The van der Waals surface area contributed by atoms with E-state index in [1.807, 2.05) is 31.2 Å². The summed E-state index contributed by atoms with van der Waals surface area (Å²) in [6.45, 7) is 2.96. The van der Waals surface area contributed by atoms with Crippen LogP contribution in [0.25, 0.3) is 10.9 Å². The van der Waals surface area contributed by atoms with Crippen molar-refractivity contribution in [2.24, 2.45) is 0 Å². The van der Waals surface area contributed by atoms with Crippen molar-refractivity contribution in [1.82, 2.24) is 9.47 Å². The molecule has 0 bridgehead atoms. The predicted octanol–water partition coefficient (Wildman–Crippen LogP) is 2.22. The van der Waals surface area contributed by atoms with Crippen molar-refractivity contribution in [3.8, 4) is 11.8 Å². The number of amides is 1. The Hall–Kier alpha value is -2.81. The summed E-state index contributed by atoms with van der Waals surface area (Å²) < 4.78 is 7.21. The quantitative estimate of drug-likeness (QED) is 0.735. The van der Waals surface area contributed by atoms with Crippen LogP contribution in [0, 0.1) is 11.3 Å². The Balaban J connectivity index is 2.29. The second-order valence-corrected chi connectivity index (χ2v) is 5.17. The van der Waals surface area contributed by atoms with Crippen LogP contribution in [-0.2, 0) is 11.3 Å². The first-order valence-electron chi connectivity index (χ1n) is 7.42. The molecule has 6 nitrogen and oxygen atoms in total. The first-order chi connectivity index (χ1) is 11.1. The number of ether oxygens (including phenoxy) is 1. The van der Waals surface area contributed by atoms with Gasteiger partial charge in [-0.25, -0.2) is 0 Å². The topological polar surface area (TPSA) is 75.3 Å². The van der Waals surface area contributed by atoms with Crippen LogP contribution in [0.1, 0.15) is 23.7 Å². The lowest BCUT2D eigenvalue weighted by atomic mass is 10.2. The molecule has 0 aliphatic rings. The van der Waals surface area contributed by atoms with Crippen molar-refractivity contribution in [2.45, 2.75) is 19.9 Å². The van der Waals surface area contributed by atoms with Crippen LogP contribution in [-0.4, -0.2) is 41.9 Å². The van der Waals surface area contributed by atoms with E-state index in [0.29, 0.717) is 30.9 Å². The Bertz CT molecular complexity index is 758. The van der Waals surface area contributed by atoms with E-state index in [1.165, 1.54) is 4.90 Å². The lowest BCUT2D eigenvalue weighted by molar-refractivity contribution is -0.130. The molecule has 2 aromatic rings. The van der Waals surface area contributed by atoms with E-state index in [1.54, 1.807) is 17.8 Å². The molecule has 0 unspecified atom stereocenters. The number of carbonyl (C=O) groups is 2. The summed E-state index contributed by atoms with van der Waals surface area (Å²) in [6.07, 6.45) is 2.74. The number of nitriles is 1. The molecule has 120 valence electrons. The number of hydrogen-bond donors (Lipinski definition) is 0. The van der Waals surface area contributed by atoms with Crippen molar-refractivity contribution in [1.29, 1.82) is 5.26 Å². The molecule has 0 saturated heterocycles. The monoisotopic (exact) mass is 313 g/mol. The lowest BCUT2D eigenvalue weighted by Gasteiger charge is -2.16. The van der Waals surface area contributed by atoms with Crippen LogP contribution >= 0.6 is 0 Å². The highest BCUT2D eigenvalue weighted by molar-refractivity contribution is 5.98. The van der Waals surface area contributed by atoms with E-state index < -0.39 is 0 Å². The number of fused-ring (bicyclic) bond motifs is 1. The van der Waals surface area contributed by atoms with Gasteiger partial charge in [0.2, 0.25) is 5.91 Å². The maximum atomic E-state index is 12.2. The van der Waals surface area contributed by atoms with Gasteiger partial charge >= 0.3 is 0 Å². The number of likely N-dealkylation sites (N-methyl/N-ethyl adjacent to an activating group) is 1. The summed E-state index contributed by atoms with van der Waals surface area (Å²) in [6, 6.07) is 7.49. The molecule has 0 spiro atoms. The van der Waals surface area contributed by atoms with Crippen molar-refractivity contribution < 1.29 is 14.3 Å². The minimum Gasteiger partial charge on any atom is -0.494 e. The third kappa shape index (κ3) is 3.69. The second kappa shape index (κ2) is 7.45. The maximum absolute atomic E-state index is 12.2. The summed E-state index contributed by atoms with van der Waals surface area (Å²) in [4.78, 5) is 25.0. The molecule has 1 amide bonds. The van der Waals surface area contributed by atoms with E-state index in [4.69, 9.17) is 10.00 Å². The molecule has 23 heavy (non-hydrogen) atoms. The Morgan fingerprint density at radius 3 is 2.91 bits per heavy atom. The van der Waals surface area contributed by atoms with Gasteiger partial charge < -0.3 is 14.2 Å². The molecule has 1 heterocycles. The van der Waals surface area contributed by atoms with Crippen molar-refractivity contribution >= 4 is 23.1 Å². The molecule has 0 aliphatic heterocycles. The van der Waals surface area contributed by atoms with Gasteiger partial charge in [0, 0.05) is 36.3 Å². The third-order valence-corrected chi connectivity index (χ3v) is 3.61. The highest BCUT2D eigenvalue weighted by atomic mass is 16.5. The molecular weight excluding hydrogens is 294 g/mol. The highest BCUT2D eigenvalue weighted by Gasteiger charge is 2.14. The van der Waals surface area contributed by atoms with Crippen LogP contribution in [0.2, 0.25) is 0 Å². The maximum Gasteiger partial charge on any atom is 0.242 e. The number of rotatable bonds is 7. The van der Waals surface area contributed by atoms with E-state index in [9.17, 15) is 9.59 Å². The predicted molar refractivity (Wildman–Crippen MR) is 86.4 cm³/mol. The van der Waals surface area contributed by atoms with Crippen molar-refractivity contribution in [3.05, 3.63) is 30.0 Å². The van der Waals surface area contributed by atoms with Crippen LogP contribution in [0.15, 0.2) is 24.4 Å². The van der Waals surface area contributed by atoms with Crippen LogP contribution < -0.4 is 4.74 Å². The van der Waals surface area contributed by atoms with Crippen LogP contribution in [0.5, 0.6) is 5.75 Å². The molecule has 1 aromatic carbocycles. The summed E-state index contributed by atoms with van der Waals surface area (Å²) >= 11 is 0. The number of aromatic nitrogens is 1. The lowest BCUT2D eigenvalue weighted by Crippen LogP contribution is -2.30. The number of hydrogen-bond acceptors (Lipinski definition) is 4. The summed E-state index contributed by atoms with van der Waals surface area (Å²) in [5.74, 6) is 0.585. The number of carbonyl (C=O) groups excluding carboxylic acids is 2. The minimum atomic E-state index is -0.108. The van der Waals surface area contributed by atoms with Gasteiger partial charge in [0.15, 0.2) is 6.29 Å². The van der Waals surface area contributed by atoms with Gasteiger partial charge in [0.1, 0.15) is 12.3 Å². The van der Waals surface area contributed by atoms with Gasteiger partial charge in [0.25, 0.3) is 0 Å². The van der Waals surface area contributed by atoms with Crippen LogP contribution in [0.4, 0.5) is 0 Å². The Morgan fingerprint density at radius 1 is 1.48 bits per heavy atom. The summed E-state index contributed by atoms with van der Waals surface area (Å²) in [5, 5.41) is 9.35. The van der Waals surface area contributed by atoms with Crippen molar-refractivity contribution in [3.63, 3.8) is 0 Å². The molecule has 6 heteroatoms. The normalized spacial score (nSPS) is 10.3. The Labute approximate surface area is 134 Å². The standard InChI is InChI=1S/C17H19N3O3/c1-3-23-14-5-6-16-15(9-14)13(12-21)10-20(16)11-17(22)19(2)8-4-7-18/h5-6,9-10,12H,3-4,8,11H2,1-2H3. The molecule has 0 atom stereocenters. The average Bonchev–Trinajstić information content (AvgIpc) is 2.90. The molecule has 0 saturated carbocycles. The van der Waals surface area contributed by atoms with Gasteiger partial charge in [-0.15, -0.1) is 0 Å². The number of aldehydes is 1. The van der Waals surface area contributed by atoms with Gasteiger partial charge in [-0.3, -0.25) is 9.59 Å². The largest absolute Gasteiger partial charge is 0.494 e. The smallest absolute Gasteiger partial charge is 0.242 e. The molecule has 0 aliphatic carbocycles. The molecule has 0 fully saturated rings. The SMILES string of the molecule is CCOc1ccc2c(c1)c(C=O)cn2CC(=O)N(C)CCC#N. The van der Waals surface area contributed by atoms with Gasteiger partial charge in [-0.05, 0) is 25.1 Å². The molecular formula is C17H19N3O3. The summed E-state index contributed by atoms with van der Waals surface area (Å²) in [7, 11) is 1.67. The van der Waals surface area contributed by atoms with E-state index in [0.717, 1.165) is 17.2 Å². The van der Waals surface area contributed by atoms with Gasteiger partial charge in [-0.2, -0.15) is 5.26 Å². The first kappa shape index (κ1) is 16.6. The molecule has 1 aromatic heterocycles. The van der Waals surface area contributed by atoms with Gasteiger partial charge in [-0.1, -0.05) is 0 Å². The average molecular weight is 313 g/mol. The van der Waals surface area contributed by atoms with Gasteiger partial charge in [0.05, 0.1) is 19.1 Å². The first-order valence-corrected chi connectivity index (χ1v) is 7.42. The summed E-state index contributed by atoms with van der Waals surface area (Å²) in [5.41, 5.74) is 1.33.